The van der Waals surface area contributed by atoms with Crippen LogP contribution in [0.5, 0.6) is 5.75 Å². The quantitative estimate of drug-likeness (QED) is 0.381. The van der Waals surface area contributed by atoms with Crippen LogP contribution in [0.1, 0.15) is 37.9 Å². The number of nitrogens with zero attached hydrogens (tertiary/aromatic N) is 5. The van der Waals surface area contributed by atoms with Crippen LogP contribution >= 0.6 is 11.6 Å². The summed E-state index contributed by atoms with van der Waals surface area (Å²) in [5, 5.41) is 8.98. The Morgan fingerprint density at radius 3 is 2.70 bits per heavy atom. The van der Waals surface area contributed by atoms with Crippen LogP contribution < -0.4 is 4.74 Å². The Hall–Kier alpha value is -2.77. The average Bonchev–Trinajstić information content (AvgIpc) is 3.28. The molecule has 0 saturated carbocycles. The first-order valence-corrected chi connectivity index (χ1v) is 11.7. The molecule has 8 heteroatoms. The minimum atomic E-state index is -0.695. The van der Waals surface area contributed by atoms with Crippen LogP contribution in [-0.2, 0) is 6.54 Å². The fraction of sp³-hybridized carbons (Fsp3) is 0.400. The van der Waals surface area contributed by atoms with Gasteiger partial charge >= 0.3 is 0 Å². The van der Waals surface area contributed by atoms with Gasteiger partial charge in [-0.3, -0.25) is 9.30 Å². The molecule has 0 aliphatic carbocycles. The number of likely N-dealkylation sites (tertiary alicyclic amines) is 1. The summed E-state index contributed by atoms with van der Waals surface area (Å²) in [7, 11) is 0. The van der Waals surface area contributed by atoms with Crippen molar-refractivity contribution in [3.05, 3.63) is 52.9 Å². The van der Waals surface area contributed by atoms with E-state index in [-0.39, 0.29) is 6.10 Å². The number of hydrogen-bond acceptors (Lipinski definition) is 5. The maximum Gasteiger partial charge on any atom is 0.182 e. The van der Waals surface area contributed by atoms with Gasteiger partial charge in [-0.1, -0.05) is 11.6 Å². The van der Waals surface area contributed by atoms with Crippen molar-refractivity contribution in [2.45, 2.75) is 52.4 Å². The van der Waals surface area contributed by atoms with Gasteiger partial charge in [-0.25, -0.2) is 9.37 Å². The van der Waals surface area contributed by atoms with Gasteiger partial charge < -0.3 is 4.74 Å². The highest BCUT2D eigenvalue weighted by molar-refractivity contribution is 6.33. The van der Waals surface area contributed by atoms with Gasteiger partial charge in [-0.2, -0.15) is 0 Å². The van der Waals surface area contributed by atoms with Crippen LogP contribution in [0.2, 0.25) is 5.02 Å². The van der Waals surface area contributed by atoms with E-state index in [0.717, 1.165) is 64.4 Å². The minimum Gasteiger partial charge on any atom is -0.491 e. The molecular formula is C25H27ClFN5O. The average molecular weight is 468 g/mol. The predicted molar refractivity (Wildman–Crippen MR) is 129 cm³/mol. The number of halogens is 2. The predicted octanol–water partition coefficient (Wildman–Crippen LogP) is 5.63. The van der Waals surface area contributed by atoms with Gasteiger partial charge in [0.2, 0.25) is 0 Å². The van der Waals surface area contributed by atoms with E-state index in [1.54, 1.807) is 6.33 Å². The molecule has 33 heavy (non-hydrogen) atoms. The van der Waals surface area contributed by atoms with Crippen molar-refractivity contribution in [2.24, 2.45) is 0 Å². The van der Waals surface area contributed by atoms with Crippen LogP contribution in [0, 0.1) is 6.92 Å². The van der Waals surface area contributed by atoms with E-state index in [9.17, 15) is 4.39 Å². The molecule has 0 amide bonds. The van der Waals surface area contributed by atoms with Crippen LogP contribution in [0.25, 0.3) is 27.8 Å². The molecule has 0 radical (unpaired) electrons. The first kappa shape index (κ1) is 22.0. The van der Waals surface area contributed by atoms with Crippen LogP contribution in [0.15, 0.2) is 36.7 Å². The van der Waals surface area contributed by atoms with E-state index in [1.165, 1.54) is 0 Å². The summed E-state index contributed by atoms with van der Waals surface area (Å²) in [4.78, 5) is 7.19. The second kappa shape index (κ2) is 8.88. The molecule has 0 bridgehead atoms. The molecule has 6 nitrogen and oxygen atoms in total. The number of ether oxygens (including phenoxy) is 1. The summed E-state index contributed by atoms with van der Waals surface area (Å²) < 4.78 is 21.6. The molecule has 1 saturated heterocycles. The summed E-state index contributed by atoms with van der Waals surface area (Å²) in [5.74, 6) is 0.759. The number of rotatable bonds is 5. The number of hydrogen-bond donors (Lipinski definition) is 0. The van der Waals surface area contributed by atoms with Gasteiger partial charge in [0.25, 0.3) is 0 Å². The zero-order chi connectivity index (χ0) is 23.1. The zero-order valence-corrected chi connectivity index (χ0v) is 19.8. The van der Waals surface area contributed by atoms with E-state index in [1.807, 2.05) is 43.4 Å². The van der Waals surface area contributed by atoms with Crippen molar-refractivity contribution in [3.63, 3.8) is 0 Å². The largest absolute Gasteiger partial charge is 0.491 e. The lowest BCUT2D eigenvalue weighted by atomic mass is 9.99. The Kier molecular flexibility index (Phi) is 5.93. The molecule has 0 atom stereocenters. The van der Waals surface area contributed by atoms with Crippen molar-refractivity contribution in [1.82, 2.24) is 24.5 Å². The SMILES string of the molecule is Cc1nc2c(-c3cc(OC(C)C)ccc3Cl)cc(CN3CCC(F)CC3)cc2n2cnnc12. The Morgan fingerprint density at radius 1 is 1.15 bits per heavy atom. The van der Waals surface area contributed by atoms with Crippen molar-refractivity contribution in [1.29, 1.82) is 0 Å². The lowest BCUT2D eigenvalue weighted by Gasteiger charge is -2.28. The maximum absolute atomic E-state index is 13.7. The number of aromatic nitrogens is 4. The van der Waals surface area contributed by atoms with Gasteiger partial charge in [0, 0.05) is 35.8 Å². The lowest BCUT2D eigenvalue weighted by molar-refractivity contribution is 0.145. The van der Waals surface area contributed by atoms with E-state index in [4.69, 9.17) is 21.3 Å². The highest BCUT2D eigenvalue weighted by atomic mass is 35.5. The summed E-state index contributed by atoms with van der Waals surface area (Å²) in [6.07, 6.45) is 2.24. The molecule has 0 unspecified atom stereocenters. The van der Waals surface area contributed by atoms with Crippen molar-refractivity contribution < 1.29 is 9.13 Å². The number of aryl methyl sites for hydroxylation is 1. The van der Waals surface area contributed by atoms with E-state index < -0.39 is 6.17 Å². The molecule has 2 aromatic heterocycles. The lowest BCUT2D eigenvalue weighted by Crippen LogP contribution is -2.33. The topological polar surface area (TPSA) is 55.5 Å². The molecule has 172 valence electrons. The third kappa shape index (κ3) is 4.39. The molecule has 3 heterocycles. The minimum absolute atomic E-state index is 0.0533. The second-order valence-electron chi connectivity index (χ2n) is 8.99. The number of fused-ring (bicyclic) bond motifs is 3. The number of alkyl halides is 1. The van der Waals surface area contributed by atoms with E-state index >= 15 is 0 Å². The molecule has 1 aliphatic rings. The molecule has 0 N–H and O–H groups in total. The molecule has 1 fully saturated rings. The molecule has 2 aromatic carbocycles. The second-order valence-corrected chi connectivity index (χ2v) is 9.40. The smallest absolute Gasteiger partial charge is 0.182 e. The molecule has 5 rings (SSSR count). The summed E-state index contributed by atoms with van der Waals surface area (Å²) in [6.45, 7) is 8.16. The third-order valence-electron chi connectivity index (χ3n) is 6.08. The highest BCUT2D eigenvalue weighted by Crippen LogP contribution is 2.37. The standard InChI is InChI=1S/C25H27ClFN5O/c1-15(2)33-19-4-5-22(26)20(12-19)21-10-17(13-31-8-6-18(27)7-9-31)11-23-24(21)29-16(3)25-30-28-14-32(23)25/h4-5,10-12,14-15,18H,6-9,13H2,1-3H3. The fourth-order valence-electron chi connectivity index (χ4n) is 4.52. The van der Waals surface area contributed by atoms with Gasteiger partial charge in [-0.15, -0.1) is 10.2 Å². The van der Waals surface area contributed by atoms with E-state index in [0.29, 0.717) is 17.9 Å². The Morgan fingerprint density at radius 2 is 1.94 bits per heavy atom. The van der Waals surface area contributed by atoms with Gasteiger partial charge in [0.15, 0.2) is 5.65 Å². The third-order valence-corrected chi connectivity index (χ3v) is 6.41. The molecular weight excluding hydrogens is 441 g/mol. The van der Waals surface area contributed by atoms with Crippen LogP contribution in [-0.4, -0.2) is 49.8 Å². The fourth-order valence-corrected chi connectivity index (χ4v) is 4.74. The van der Waals surface area contributed by atoms with Crippen LogP contribution in [0.3, 0.4) is 0 Å². The number of piperidine rings is 1. The van der Waals surface area contributed by atoms with E-state index in [2.05, 4.69) is 27.2 Å². The van der Waals surface area contributed by atoms with Crippen molar-refractivity contribution in [3.8, 4) is 16.9 Å². The summed E-state index contributed by atoms with van der Waals surface area (Å²) in [5.41, 5.74) is 6.18. The Labute approximate surface area is 197 Å². The van der Waals surface area contributed by atoms with Gasteiger partial charge in [0.05, 0.1) is 22.8 Å². The van der Waals surface area contributed by atoms with Crippen molar-refractivity contribution >= 4 is 28.3 Å². The summed E-state index contributed by atoms with van der Waals surface area (Å²) >= 11 is 6.70. The monoisotopic (exact) mass is 467 g/mol. The molecule has 0 spiro atoms. The first-order valence-electron chi connectivity index (χ1n) is 11.3. The summed E-state index contributed by atoms with van der Waals surface area (Å²) in [6, 6.07) is 10.0. The maximum atomic E-state index is 13.7. The van der Waals surface area contributed by atoms with Gasteiger partial charge in [0.1, 0.15) is 18.2 Å². The Bertz CT molecular complexity index is 1310. The first-order chi connectivity index (χ1) is 15.9. The zero-order valence-electron chi connectivity index (χ0n) is 19.1. The molecule has 1 aliphatic heterocycles. The van der Waals surface area contributed by atoms with Crippen LogP contribution in [0.4, 0.5) is 4.39 Å². The normalized spacial score (nSPS) is 15.7. The number of benzene rings is 2. The molecule has 4 aromatic rings. The highest BCUT2D eigenvalue weighted by Gasteiger charge is 2.21. The Balaban J connectivity index is 1.69. The van der Waals surface area contributed by atoms with Gasteiger partial charge in [-0.05, 0) is 69.5 Å². The van der Waals surface area contributed by atoms with Crippen molar-refractivity contribution in [2.75, 3.05) is 13.1 Å².